The molecule has 0 aromatic heterocycles. The third-order valence-electron chi connectivity index (χ3n) is 7.44. The van der Waals surface area contributed by atoms with E-state index in [1.807, 2.05) is 0 Å². The third-order valence-corrected chi connectivity index (χ3v) is 8.86. The second-order valence-electron chi connectivity index (χ2n) is 11.1. The summed E-state index contributed by atoms with van der Waals surface area (Å²) >= 11 is 6.92. The van der Waals surface area contributed by atoms with Gasteiger partial charge in [-0.05, 0) is 12.1 Å². The molecule has 0 fully saturated rings. The van der Waals surface area contributed by atoms with Gasteiger partial charge in [-0.25, -0.2) is 0 Å². The molecule has 0 bridgehead atoms. The topological polar surface area (TPSA) is 141 Å². The quantitative estimate of drug-likeness (QED) is 0.101. The maximum absolute atomic E-state index is 11.0. The second-order valence-corrected chi connectivity index (χ2v) is 12.5. The van der Waals surface area contributed by atoms with Gasteiger partial charge in [-0.3, -0.25) is 25.0 Å². The number of carbonyl (C=O) groups is 1. The van der Waals surface area contributed by atoms with Crippen molar-refractivity contribution in [1.82, 2.24) is 0 Å². The lowest BCUT2D eigenvalue weighted by Crippen LogP contribution is -2.84. The Morgan fingerprint density at radius 1 is 0.680 bits per heavy atom. The van der Waals surface area contributed by atoms with Crippen molar-refractivity contribution >= 4 is 223 Å². The standard InChI is InChI=1S/C8H6N2O3S.C6H5ClN2O2.CH4.B24/c11-8-4-14-7-2-1-5(10(12)13)3-6(7)9-8;7-5-2-1-4(9(10)11)3-6(5)8;;1-14(2)20(13)23(19(11)12)24(21(15(3)4)16(5)6)22(17(7)8)18(9)10/h1-3H,4H2,(H,9,11);1-3H,8H2;1H4;. The lowest BCUT2D eigenvalue weighted by molar-refractivity contribution is -0.385. The van der Waals surface area contributed by atoms with Crippen molar-refractivity contribution in [1.29, 1.82) is 0 Å². The SMILES string of the molecule is C.Nc1cc([N+](=O)[O-])ccc1Cl.O=C1CSc2ccc([N+](=O)[O-])cc2N1.[B]B([B])B([B])B(B([B])[B])B(B(B([B])[B])B([B])[B])B(B([B])[B])B([B])[B]. The summed E-state index contributed by atoms with van der Waals surface area (Å²) in [7, 11) is 76.2. The van der Waals surface area contributed by atoms with Crippen LogP contribution in [0.3, 0.4) is 0 Å². The summed E-state index contributed by atoms with van der Waals surface area (Å²) < 4.78 is 0. The molecule has 1 aliphatic heterocycles. The Bertz CT molecular complexity index is 1380. The Labute approximate surface area is 326 Å². The summed E-state index contributed by atoms with van der Waals surface area (Å²) in [4.78, 5) is 31.5. The predicted molar refractivity (Wildman–Crippen MR) is 240 cm³/mol. The van der Waals surface area contributed by atoms with Crippen LogP contribution in [0.4, 0.5) is 22.7 Å². The fourth-order valence-corrected chi connectivity index (χ4v) is 6.07. The zero-order valence-electron chi connectivity index (χ0n) is 26.3. The number of nitrogens with zero attached hydrogens (tertiary/aromatic N) is 2. The molecule has 3 rings (SSSR count). The number of fused-ring (bicyclic) bond motifs is 1. The van der Waals surface area contributed by atoms with Crippen LogP contribution in [-0.4, -0.2) is 192 Å². The Kier molecular flexibility index (Phi) is 22.1. The van der Waals surface area contributed by atoms with Gasteiger partial charge in [0.15, 0.2) is 0 Å². The van der Waals surface area contributed by atoms with Crippen LogP contribution in [-0.2, 0) is 4.79 Å². The van der Waals surface area contributed by atoms with Gasteiger partial charge in [0.1, 0.15) is 0 Å². The molecular formula is C15H15B24ClN4O5S. The largest absolute Gasteiger partial charge is 0.397 e. The molecule has 1 aliphatic rings. The van der Waals surface area contributed by atoms with Crippen molar-refractivity contribution < 1.29 is 14.6 Å². The number of amides is 1. The summed E-state index contributed by atoms with van der Waals surface area (Å²) in [6.45, 7) is 0. The number of nitro benzene ring substituents is 2. The van der Waals surface area contributed by atoms with E-state index in [-0.39, 0.29) is 30.4 Å². The molecule has 26 radical (unpaired) electrons. The number of anilines is 2. The number of nitro groups is 2. The van der Waals surface area contributed by atoms with Crippen LogP contribution < -0.4 is 11.1 Å². The summed E-state index contributed by atoms with van der Waals surface area (Å²) in [5, 5.41) is 23.5. The second kappa shape index (κ2) is 22.7. The first-order valence-corrected chi connectivity index (χ1v) is 15.7. The van der Waals surface area contributed by atoms with E-state index in [4.69, 9.17) is 118 Å². The van der Waals surface area contributed by atoms with E-state index in [1.165, 1.54) is 42.1 Å². The molecule has 210 valence electrons. The van der Waals surface area contributed by atoms with Gasteiger partial charge in [-0.2, -0.15) is 0 Å². The van der Waals surface area contributed by atoms with E-state index < -0.39 is 80.1 Å². The molecule has 2 aromatic rings. The van der Waals surface area contributed by atoms with Crippen LogP contribution in [0.25, 0.3) is 0 Å². The van der Waals surface area contributed by atoms with E-state index in [2.05, 4.69) is 5.32 Å². The van der Waals surface area contributed by atoms with Gasteiger partial charge in [0.25, 0.3) is 11.4 Å². The number of nitrogens with one attached hydrogen (secondary N) is 1. The van der Waals surface area contributed by atoms with Gasteiger partial charge < -0.3 is 11.1 Å². The summed E-state index contributed by atoms with van der Waals surface area (Å²) in [5.74, 6) is 0.244. The molecule has 35 heteroatoms. The molecule has 1 heterocycles. The minimum Gasteiger partial charge on any atom is -0.397 e. The summed E-state index contributed by atoms with van der Waals surface area (Å²) in [6, 6.07) is 8.39. The van der Waals surface area contributed by atoms with Crippen LogP contribution in [0.5, 0.6) is 0 Å². The molecule has 0 spiro atoms. The smallest absolute Gasteiger partial charge is 0.271 e. The zero-order chi connectivity index (χ0) is 37.9. The average Bonchev–Trinajstić information content (AvgIpc) is 2.97. The van der Waals surface area contributed by atoms with E-state index in [9.17, 15) is 25.0 Å². The Balaban J connectivity index is 0.000000776. The van der Waals surface area contributed by atoms with E-state index in [0.29, 0.717) is 16.5 Å². The highest BCUT2D eigenvalue weighted by Crippen LogP contribution is 2.33. The van der Waals surface area contributed by atoms with Gasteiger partial charge in [-0.15, -0.1) is 11.8 Å². The van der Waals surface area contributed by atoms with Crippen LogP contribution in [0, 0.1) is 20.2 Å². The Hall–Kier alpha value is -1.29. The fraction of sp³-hybridized carbons (Fsp3) is 0.133. The molecule has 9 nitrogen and oxygen atoms in total. The predicted octanol–water partition coefficient (Wildman–Crippen LogP) is -5.03. The highest BCUT2D eigenvalue weighted by atomic mass is 35.5. The molecule has 0 saturated carbocycles. The average molecular weight is 658 g/mol. The molecular weight excluding hydrogens is 643 g/mol. The molecule has 0 atom stereocenters. The lowest BCUT2D eigenvalue weighted by Gasteiger charge is -2.46. The third kappa shape index (κ3) is 14.6. The van der Waals surface area contributed by atoms with Crippen molar-refractivity contribution in [2.75, 3.05) is 16.8 Å². The maximum atomic E-state index is 11.0. The van der Waals surface area contributed by atoms with Crippen molar-refractivity contribution in [2.45, 2.75) is 12.3 Å². The lowest BCUT2D eigenvalue weighted by atomic mass is 8.35. The van der Waals surface area contributed by atoms with E-state index in [1.54, 1.807) is 6.07 Å². The summed E-state index contributed by atoms with van der Waals surface area (Å²) in [6.07, 6.45) is -9.56. The van der Waals surface area contributed by atoms with Gasteiger partial charge in [0, 0.05) is 200 Å². The van der Waals surface area contributed by atoms with Gasteiger partial charge in [0.2, 0.25) is 5.91 Å². The number of benzene rings is 2. The van der Waals surface area contributed by atoms with Gasteiger partial charge >= 0.3 is 0 Å². The molecule has 0 unspecified atom stereocenters. The monoisotopic (exact) mass is 662 g/mol. The Morgan fingerprint density at radius 2 is 1.10 bits per heavy atom. The van der Waals surface area contributed by atoms with Crippen molar-refractivity contribution in [3.63, 3.8) is 0 Å². The van der Waals surface area contributed by atoms with Crippen molar-refractivity contribution in [3.8, 4) is 0 Å². The number of nitrogen functional groups attached to an aromatic ring is 1. The van der Waals surface area contributed by atoms with E-state index in [0.717, 1.165) is 4.90 Å². The van der Waals surface area contributed by atoms with Crippen LogP contribution >= 0.6 is 23.4 Å². The molecule has 1 amide bonds. The number of halogens is 1. The Morgan fingerprint density at radius 3 is 1.48 bits per heavy atom. The van der Waals surface area contributed by atoms with Crippen LogP contribution in [0.15, 0.2) is 41.3 Å². The number of hydrogen-bond donors (Lipinski definition) is 2. The first kappa shape index (κ1) is 48.7. The molecule has 3 N–H and O–H groups in total. The highest BCUT2D eigenvalue weighted by Gasteiger charge is 2.48. The molecule has 2 aromatic carbocycles. The number of carbonyl (C=O) groups excluding carboxylic acids is 1. The van der Waals surface area contributed by atoms with Crippen LogP contribution in [0.2, 0.25) is 5.02 Å². The number of non-ortho nitro benzene ring substituents is 2. The number of rotatable bonds is 12. The highest BCUT2D eigenvalue weighted by molar-refractivity contribution is 8.23. The first-order valence-electron chi connectivity index (χ1n) is 14.3. The normalized spacial score (nSPS) is 10.6. The first-order chi connectivity index (χ1) is 22.6. The summed E-state index contributed by atoms with van der Waals surface area (Å²) in [5.41, 5.74) is 6.02. The van der Waals surface area contributed by atoms with E-state index >= 15 is 0 Å². The zero-order valence-corrected chi connectivity index (χ0v) is 27.9. The van der Waals surface area contributed by atoms with Gasteiger partial charge in [0.05, 0.1) is 32.0 Å². The maximum Gasteiger partial charge on any atom is 0.271 e. The molecule has 50 heavy (non-hydrogen) atoms. The minimum atomic E-state index is -0.973. The van der Waals surface area contributed by atoms with Gasteiger partial charge in [-0.1, -0.05) is 19.0 Å². The van der Waals surface area contributed by atoms with Crippen LogP contribution in [0.1, 0.15) is 7.43 Å². The van der Waals surface area contributed by atoms with Crippen molar-refractivity contribution in [3.05, 3.63) is 61.6 Å². The molecule has 0 aliphatic carbocycles. The molecule has 0 saturated heterocycles. The number of nitrogens with two attached hydrogens (primary N) is 1. The fourth-order valence-electron chi connectivity index (χ4n) is 5.17. The number of thioether (sulfide) groups is 1. The minimum absolute atomic E-state index is 0. The number of hydrogen-bond acceptors (Lipinski definition) is 7. The van der Waals surface area contributed by atoms with Crippen molar-refractivity contribution in [2.24, 2.45) is 0 Å².